The second-order valence-electron chi connectivity index (χ2n) is 3.18. The number of likely N-dealkylation sites (N-methyl/N-ethyl adjacent to an activating group) is 1. The summed E-state index contributed by atoms with van der Waals surface area (Å²) >= 11 is 0. The van der Waals surface area contributed by atoms with E-state index in [2.05, 4.69) is 10.2 Å². The molecule has 0 amide bonds. The number of nitrogens with zero attached hydrogens (tertiary/aromatic N) is 1. The lowest BCUT2D eigenvalue weighted by molar-refractivity contribution is 0.257. The van der Waals surface area contributed by atoms with Gasteiger partial charge >= 0.3 is 0 Å². The standard InChI is InChI=1S/C8H19N3/c1-10-7-8-3-2-5-11(8)6-4-9/h8,10H,2-7,9H2,1H3/t8-/m1/s1. The second kappa shape index (κ2) is 4.70. The monoisotopic (exact) mass is 157 g/mol. The largest absolute Gasteiger partial charge is 0.329 e. The van der Waals surface area contributed by atoms with E-state index < -0.39 is 0 Å². The van der Waals surface area contributed by atoms with Crippen molar-refractivity contribution in [1.82, 2.24) is 10.2 Å². The molecule has 11 heavy (non-hydrogen) atoms. The summed E-state index contributed by atoms with van der Waals surface area (Å²) in [7, 11) is 2.01. The highest BCUT2D eigenvalue weighted by atomic mass is 15.2. The number of hydrogen-bond donors (Lipinski definition) is 2. The van der Waals surface area contributed by atoms with E-state index in [1.807, 2.05) is 7.05 Å². The van der Waals surface area contributed by atoms with Crippen LogP contribution in [0.4, 0.5) is 0 Å². The molecule has 0 unspecified atom stereocenters. The molecule has 1 atom stereocenters. The molecule has 0 saturated carbocycles. The zero-order valence-electron chi connectivity index (χ0n) is 7.34. The number of hydrogen-bond acceptors (Lipinski definition) is 3. The van der Waals surface area contributed by atoms with Gasteiger partial charge in [0.25, 0.3) is 0 Å². The van der Waals surface area contributed by atoms with Crippen molar-refractivity contribution in [2.45, 2.75) is 18.9 Å². The molecule has 1 heterocycles. The van der Waals surface area contributed by atoms with E-state index in [4.69, 9.17) is 5.73 Å². The SMILES string of the molecule is CNC[C@H]1CCCN1CCN. The molecule has 0 bridgehead atoms. The normalized spacial score (nSPS) is 26.2. The third-order valence-electron chi connectivity index (χ3n) is 2.36. The maximum Gasteiger partial charge on any atom is 0.0221 e. The molecule has 0 aromatic carbocycles. The van der Waals surface area contributed by atoms with Crippen LogP contribution in [0.15, 0.2) is 0 Å². The fourth-order valence-electron chi connectivity index (χ4n) is 1.82. The van der Waals surface area contributed by atoms with Gasteiger partial charge in [-0.3, -0.25) is 4.90 Å². The molecule has 1 fully saturated rings. The van der Waals surface area contributed by atoms with Gasteiger partial charge in [-0.1, -0.05) is 0 Å². The van der Waals surface area contributed by atoms with Crippen LogP contribution in [0.3, 0.4) is 0 Å². The summed E-state index contributed by atoms with van der Waals surface area (Å²) < 4.78 is 0. The third kappa shape index (κ3) is 2.43. The molecule has 66 valence electrons. The predicted molar refractivity (Wildman–Crippen MR) is 47.6 cm³/mol. The summed E-state index contributed by atoms with van der Waals surface area (Å²) in [5, 5.41) is 3.22. The molecule has 0 aromatic heterocycles. The Morgan fingerprint density at radius 2 is 2.45 bits per heavy atom. The highest BCUT2D eigenvalue weighted by molar-refractivity contribution is 4.80. The van der Waals surface area contributed by atoms with E-state index in [0.29, 0.717) is 0 Å². The van der Waals surface area contributed by atoms with Crippen molar-refractivity contribution in [3.8, 4) is 0 Å². The Kier molecular flexibility index (Phi) is 3.83. The topological polar surface area (TPSA) is 41.3 Å². The van der Waals surface area contributed by atoms with Crippen molar-refractivity contribution in [1.29, 1.82) is 0 Å². The van der Waals surface area contributed by atoms with Gasteiger partial charge in [-0.2, -0.15) is 0 Å². The number of nitrogens with two attached hydrogens (primary N) is 1. The molecule has 1 aliphatic heterocycles. The average molecular weight is 157 g/mol. The van der Waals surface area contributed by atoms with Crippen LogP contribution >= 0.6 is 0 Å². The number of likely N-dealkylation sites (tertiary alicyclic amines) is 1. The summed E-state index contributed by atoms with van der Waals surface area (Å²) in [5.41, 5.74) is 5.50. The van der Waals surface area contributed by atoms with Crippen LogP contribution in [-0.4, -0.2) is 44.2 Å². The van der Waals surface area contributed by atoms with Gasteiger partial charge in [0.15, 0.2) is 0 Å². The molecule has 3 nitrogen and oxygen atoms in total. The quantitative estimate of drug-likeness (QED) is 0.585. The van der Waals surface area contributed by atoms with E-state index in [-0.39, 0.29) is 0 Å². The maximum absolute atomic E-state index is 5.50. The highest BCUT2D eigenvalue weighted by Gasteiger charge is 2.22. The van der Waals surface area contributed by atoms with Crippen LogP contribution in [0.25, 0.3) is 0 Å². The first-order chi connectivity index (χ1) is 5.38. The number of rotatable bonds is 4. The summed E-state index contributed by atoms with van der Waals surface area (Å²) in [4.78, 5) is 2.48. The van der Waals surface area contributed by atoms with Gasteiger partial charge in [0, 0.05) is 25.7 Å². The van der Waals surface area contributed by atoms with Crippen LogP contribution in [0.5, 0.6) is 0 Å². The molecule has 0 spiro atoms. The molecule has 0 radical (unpaired) electrons. The third-order valence-corrected chi connectivity index (χ3v) is 2.36. The first kappa shape index (κ1) is 8.97. The average Bonchev–Trinajstić information content (AvgIpc) is 2.39. The Morgan fingerprint density at radius 1 is 1.64 bits per heavy atom. The summed E-state index contributed by atoms with van der Waals surface area (Å²) in [6.07, 6.45) is 2.67. The van der Waals surface area contributed by atoms with Crippen LogP contribution < -0.4 is 11.1 Å². The van der Waals surface area contributed by atoms with Gasteiger partial charge in [-0.25, -0.2) is 0 Å². The van der Waals surface area contributed by atoms with E-state index in [1.54, 1.807) is 0 Å². The van der Waals surface area contributed by atoms with Gasteiger partial charge in [0.05, 0.1) is 0 Å². The summed E-state index contributed by atoms with van der Waals surface area (Å²) in [5.74, 6) is 0. The minimum absolute atomic E-state index is 0.739. The predicted octanol–water partition coefficient (Wildman–Crippen LogP) is -0.371. The van der Waals surface area contributed by atoms with Crippen LogP contribution in [0, 0.1) is 0 Å². The van der Waals surface area contributed by atoms with Gasteiger partial charge in [0.2, 0.25) is 0 Å². The highest BCUT2D eigenvalue weighted by Crippen LogP contribution is 2.14. The van der Waals surface area contributed by atoms with E-state index in [1.165, 1.54) is 19.4 Å². The molecule has 0 aliphatic carbocycles. The lowest BCUT2D eigenvalue weighted by Gasteiger charge is -2.23. The van der Waals surface area contributed by atoms with Crippen molar-refractivity contribution in [3.05, 3.63) is 0 Å². The van der Waals surface area contributed by atoms with Crippen molar-refractivity contribution in [2.75, 3.05) is 33.2 Å². The van der Waals surface area contributed by atoms with Crippen LogP contribution in [0.1, 0.15) is 12.8 Å². The molecule has 1 saturated heterocycles. The zero-order valence-corrected chi connectivity index (χ0v) is 7.34. The Hall–Kier alpha value is -0.120. The lowest BCUT2D eigenvalue weighted by atomic mass is 10.2. The first-order valence-corrected chi connectivity index (χ1v) is 4.47. The minimum atomic E-state index is 0.739. The van der Waals surface area contributed by atoms with Crippen molar-refractivity contribution < 1.29 is 0 Å². The Morgan fingerprint density at radius 3 is 3.09 bits per heavy atom. The Bertz CT molecular complexity index is 93.5. The van der Waals surface area contributed by atoms with Gasteiger partial charge in [0.1, 0.15) is 0 Å². The van der Waals surface area contributed by atoms with Gasteiger partial charge in [-0.15, -0.1) is 0 Å². The zero-order chi connectivity index (χ0) is 8.10. The molecule has 1 aliphatic rings. The fraction of sp³-hybridized carbons (Fsp3) is 1.00. The first-order valence-electron chi connectivity index (χ1n) is 4.47. The van der Waals surface area contributed by atoms with Crippen molar-refractivity contribution in [2.24, 2.45) is 5.73 Å². The molecule has 3 heteroatoms. The lowest BCUT2D eigenvalue weighted by Crippen LogP contribution is -2.39. The van der Waals surface area contributed by atoms with Crippen molar-refractivity contribution >= 4 is 0 Å². The minimum Gasteiger partial charge on any atom is -0.329 e. The van der Waals surface area contributed by atoms with Crippen molar-refractivity contribution in [3.63, 3.8) is 0 Å². The molecular formula is C8H19N3. The molecule has 0 aromatic rings. The van der Waals surface area contributed by atoms with E-state index in [9.17, 15) is 0 Å². The fourth-order valence-corrected chi connectivity index (χ4v) is 1.82. The molecule has 1 rings (SSSR count). The smallest absolute Gasteiger partial charge is 0.0221 e. The van der Waals surface area contributed by atoms with E-state index in [0.717, 1.165) is 25.7 Å². The number of nitrogens with one attached hydrogen (secondary N) is 1. The van der Waals surface area contributed by atoms with E-state index >= 15 is 0 Å². The summed E-state index contributed by atoms with van der Waals surface area (Å²) in [6.45, 7) is 4.20. The maximum atomic E-state index is 5.50. The van der Waals surface area contributed by atoms with Gasteiger partial charge in [-0.05, 0) is 26.4 Å². The van der Waals surface area contributed by atoms with Crippen LogP contribution in [-0.2, 0) is 0 Å². The second-order valence-corrected chi connectivity index (χ2v) is 3.18. The summed E-state index contributed by atoms with van der Waals surface area (Å²) in [6, 6.07) is 0.739. The Labute approximate surface area is 68.9 Å². The van der Waals surface area contributed by atoms with Crippen LogP contribution in [0.2, 0.25) is 0 Å². The molecular weight excluding hydrogens is 138 g/mol. The molecule has 3 N–H and O–H groups in total. The Balaban J connectivity index is 2.25. The van der Waals surface area contributed by atoms with Gasteiger partial charge < -0.3 is 11.1 Å².